The van der Waals surface area contributed by atoms with Crippen LogP contribution in [0.3, 0.4) is 0 Å². The third-order valence-corrected chi connectivity index (χ3v) is 10.8. The second kappa shape index (κ2) is 14.4. The Labute approximate surface area is 327 Å². The van der Waals surface area contributed by atoms with Gasteiger partial charge in [-0.15, -0.1) is 0 Å². The Morgan fingerprint density at radius 2 is 0.589 bits per heavy atom. The lowest BCUT2D eigenvalue weighted by atomic mass is 9.98. The van der Waals surface area contributed by atoms with Crippen LogP contribution >= 0.6 is 0 Å². The molecule has 56 heavy (non-hydrogen) atoms. The molecule has 264 valence electrons. The van der Waals surface area contributed by atoms with Crippen LogP contribution in [0.2, 0.25) is 0 Å². The molecule has 10 aromatic rings. The van der Waals surface area contributed by atoms with Crippen molar-refractivity contribution in [2.75, 3.05) is 4.90 Å². The van der Waals surface area contributed by atoms with Crippen molar-refractivity contribution in [3.8, 4) is 50.2 Å². The molecule has 0 fully saturated rings. The van der Waals surface area contributed by atoms with E-state index in [4.69, 9.17) is 0 Å². The fraction of sp³-hybridized carbons (Fsp3) is 0. The van der Waals surface area contributed by atoms with Gasteiger partial charge in [0.1, 0.15) is 0 Å². The van der Waals surface area contributed by atoms with Crippen LogP contribution in [0.1, 0.15) is 0 Å². The van der Waals surface area contributed by atoms with Crippen molar-refractivity contribution in [3.63, 3.8) is 0 Å². The quantitative estimate of drug-likeness (QED) is 0.152. The molecule has 0 bridgehead atoms. The summed E-state index contributed by atoms with van der Waals surface area (Å²) in [6.45, 7) is 0. The third kappa shape index (κ3) is 6.24. The average molecular weight is 715 g/mol. The van der Waals surface area contributed by atoms with Crippen molar-refractivity contribution in [3.05, 3.63) is 231 Å². The van der Waals surface area contributed by atoms with Gasteiger partial charge in [0.25, 0.3) is 0 Å². The van der Waals surface area contributed by atoms with Gasteiger partial charge in [-0.25, -0.2) is 0 Å². The molecular weight excluding hydrogens is 677 g/mol. The molecule has 0 saturated carbocycles. The lowest BCUT2D eigenvalue weighted by Gasteiger charge is -2.26. The first-order chi connectivity index (χ1) is 27.8. The van der Waals surface area contributed by atoms with Gasteiger partial charge < -0.3 is 9.47 Å². The van der Waals surface area contributed by atoms with Crippen molar-refractivity contribution in [1.82, 2.24) is 4.57 Å². The highest BCUT2D eigenvalue weighted by molar-refractivity contribution is 6.09. The Hall–Kier alpha value is -7.42. The summed E-state index contributed by atoms with van der Waals surface area (Å²) in [5.41, 5.74) is 16.5. The topological polar surface area (TPSA) is 8.17 Å². The fourth-order valence-electron chi connectivity index (χ4n) is 8.02. The standard InChI is InChI=1S/C54H38N2/c1-3-13-39(14-4-1)41-25-31-47(32-26-41)55(48-33-27-42(28-34-48)40-15-5-2-6-16-40)49-35-29-43(30-36-49)44-17-11-18-45(37-44)46-19-12-20-50(38-46)56-53-23-9-7-21-51(53)52-22-8-10-24-54(52)56/h1-38H. The van der Waals surface area contributed by atoms with Crippen molar-refractivity contribution < 1.29 is 0 Å². The highest BCUT2D eigenvalue weighted by Gasteiger charge is 2.15. The Morgan fingerprint density at radius 1 is 0.250 bits per heavy atom. The smallest absolute Gasteiger partial charge is 0.0541 e. The highest BCUT2D eigenvalue weighted by Crippen LogP contribution is 2.39. The molecule has 0 atom stereocenters. The maximum atomic E-state index is 2.38. The van der Waals surface area contributed by atoms with E-state index >= 15 is 0 Å². The van der Waals surface area contributed by atoms with Gasteiger partial charge in [0, 0.05) is 33.5 Å². The number of para-hydroxylation sites is 2. The molecule has 0 N–H and O–H groups in total. The predicted molar refractivity (Wildman–Crippen MR) is 237 cm³/mol. The Balaban J connectivity index is 0.986. The summed E-state index contributed by atoms with van der Waals surface area (Å²) in [7, 11) is 0. The number of hydrogen-bond donors (Lipinski definition) is 0. The monoisotopic (exact) mass is 714 g/mol. The zero-order valence-corrected chi connectivity index (χ0v) is 30.8. The zero-order chi connectivity index (χ0) is 37.3. The van der Waals surface area contributed by atoms with Crippen LogP contribution in [0.15, 0.2) is 231 Å². The molecule has 0 aliphatic rings. The largest absolute Gasteiger partial charge is 0.311 e. The summed E-state index contributed by atoms with van der Waals surface area (Å²) in [6, 6.07) is 83.0. The van der Waals surface area contributed by atoms with E-state index in [0.717, 1.165) is 22.7 Å². The first-order valence-corrected chi connectivity index (χ1v) is 19.2. The van der Waals surface area contributed by atoms with Gasteiger partial charge in [-0.1, -0.05) is 164 Å². The summed E-state index contributed by atoms with van der Waals surface area (Å²) < 4.78 is 2.38. The second-order valence-corrected chi connectivity index (χ2v) is 14.2. The molecular formula is C54H38N2. The molecule has 1 heterocycles. The van der Waals surface area contributed by atoms with E-state index in [-0.39, 0.29) is 0 Å². The minimum Gasteiger partial charge on any atom is -0.311 e. The van der Waals surface area contributed by atoms with Crippen LogP contribution in [0, 0.1) is 0 Å². The van der Waals surface area contributed by atoms with Crippen molar-refractivity contribution in [1.29, 1.82) is 0 Å². The second-order valence-electron chi connectivity index (χ2n) is 14.2. The van der Waals surface area contributed by atoms with Gasteiger partial charge in [0.2, 0.25) is 0 Å². The van der Waals surface area contributed by atoms with Gasteiger partial charge in [-0.3, -0.25) is 0 Å². The molecule has 9 aromatic carbocycles. The van der Waals surface area contributed by atoms with Crippen molar-refractivity contribution in [2.45, 2.75) is 0 Å². The fourth-order valence-corrected chi connectivity index (χ4v) is 8.02. The Morgan fingerprint density at radius 3 is 1.07 bits per heavy atom. The van der Waals surface area contributed by atoms with Gasteiger partial charge in [-0.2, -0.15) is 0 Å². The number of nitrogens with zero attached hydrogens (tertiary/aromatic N) is 2. The van der Waals surface area contributed by atoms with E-state index in [9.17, 15) is 0 Å². The molecule has 10 rings (SSSR count). The summed E-state index contributed by atoms with van der Waals surface area (Å²) in [6.07, 6.45) is 0. The summed E-state index contributed by atoms with van der Waals surface area (Å²) in [4.78, 5) is 2.34. The van der Waals surface area contributed by atoms with Crippen molar-refractivity contribution >= 4 is 38.9 Å². The van der Waals surface area contributed by atoms with Gasteiger partial charge in [0.05, 0.1) is 11.0 Å². The lowest BCUT2D eigenvalue weighted by Crippen LogP contribution is -2.09. The van der Waals surface area contributed by atoms with E-state index in [2.05, 4.69) is 240 Å². The van der Waals surface area contributed by atoms with E-state index in [0.29, 0.717) is 0 Å². The maximum absolute atomic E-state index is 2.38. The third-order valence-electron chi connectivity index (χ3n) is 10.8. The maximum Gasteiger partial charge on any atom is 0.0541 e. The van der Waals surface area contributed by atoms with Crippen LogP contribution in [0.25, 0.3) is 72.0 Å². The van der Waals surface area contributed by atoms with Gasteiger partial charge in [-0.05, 0) is 111 Å². The number of fused-ring (bicyclic) bond motifs is 3. The van der Waals surface area contributed by atoms with E-state index in [1.165, 1.54) is 66.3 Å². The minimum absolute atomic E-state index is 1.10. The minimum atomic E-state index is 1.10. The van der Waals surface area contributed by atoms with E-state index in [1.54, 1.807) is 0 Å². The normalized spacial score (nSPS) is 11.2. The van der Waals surface area contributed by atoms with Crippen LogP contribution in [-0.4, -0.2) is 4.57 Å². The van der Waals surface area contributed by atoms with Crippen LogP contribution in [-0.2, 0) is 0 Å². The SMILES string of the molecule is c1ccc(-c2ccc(N(c3ccc(-c4ccccc4)cc3)c3ccc(-c4cccc(-c5cccc(-n6c7ccccc7c7ccccc76)c5)c4)cc3)cc2)cc1. The molecule has 0 radical (unpaired) electrons. The molecule has 2 heteroatoms. The summed E-state index contributed by atoms with van der Waals surface area (Å²) >= 11 is 0. The van der Waals surface area contributed by atoms with Crippen LogP contribution in [0.4, 0.5) is 17.1 Å². The molecule has 0 amide bonds. The van der Waals surface area contributed by atoms with Crippen LogP contribution < -0.4 is 4.90 Å². The number of hydrogen-bond acceptors (Lipinski definition) is 1. The summed E-state index contributed by atoms with van der Waals surface area (Å²) in [5, 5.41) is 2.54. The zero-order valence-electron chi connectivity index (χ0n) is 30.8. The molecule has 2 nitrogen and oxygen atoms in total. The number of rotatable bonds is 8. The Bertz CT molecular complexity index is 2790. The van der Waals surface area contributed by atoms with Gasteiger partial charge in [0.15, 0.2) is 0 Å². The van der Waals surface area contributed by atoms with E-state index in [1.807, 2.05) is 0 Å². The molecule has 0 aliphatic carbocycles. The van der Waals surface area contributed by atoms with E-state index < -0.39 is 0 Å². The van der Waals surface area contributed by atoms with Crippen LogP contribution in [0.5, 0.6) is 0 Å². The lowest BCUT2D eigenvalue weighted by molar-refractivity contribution is 1.18. The summed E-state index contributed by atoms with van der Waals surface area (Å²) in [5.74, 6) is 0. The Kier molecular flexibility index (Phi) is 8.55. The number of aromatic nitrogens is 1. The van der Waals surface area contributed by atoms with Crippen molar-refractivity contribution in [2.24, 2.45) is 0 Å². The molecule has 0 unspecified atom stereocenters. The first-order valence-electron chi connectivity index (χ1n) is 19.2. The molecule has 0 saturated heterocycles. The predicted octanol–water partition coefficient (Wildman–Crippen LogP) is 14.9. The van der Waals surface area contributed by atoms with Gasteiger partial charge >= 0.3 is 0 Å². The molecule has 0 aliphatic heterocycles. The number of benzene rings is 9. The number of anilines is 3. The highest BCUT2D eigenvalue weighted by atomic mass is 15.1. The average Bonchev–Trinajstić information content (AvgIpc) is 3.62. The molecule has 0 spiro atoms. The first kappa shape index (κ1) is 33.2. The molecule has 1 aromatic heterocycles.